The third kappa shape index (κ3) is 2.77. The highest BCUT2D eigenvalue weighted by Crippen LogP contribution is 2.38. The van der Waals surface area contributed by atoms with Crippen LogP contribution < -0.4 is 0 Å². The van der Waals surface area contributed by atoms with E-state index in [1.54, 1.807) is 4.57 Å². The zero-order valence-corrected chi connectivity index (χ0v) is 9.80. The van der Waals surface area contributed by atoms with Crippen LogP contribution in [0.2, 0.25) is 0 Å². The highest BCUT2D eigenvalue weighted by atomic mass is 19.4. The molecule has 1 fully saturated rings. The average molecular weight is 234 g/mol. The lowest BCUT2D eigenvalue weighted by molar-refractivity contribution is -0.141. The summed E-state index contributed by atoms with van der Waals surface area (Å²) in [4.78, 5) is 3.60. The maximum Gasteiger partial charge on any atom is 0.434 e. The van der Waals surface area contributed by atoms with Crippen molar-refractivity contribution in [2.45, 2.75) is 52.3 Å². The van der Waals surface area contributed by atoms with Crippen molar-refractivity contribution in [2.24, 2.45) is 0 Å². The first-order valence-corrected chi connectivity index (χ1v) is 5.67. The molecule has 0 bridgehead atoms. The van der Waals surface area contributed by atoms with Crippen LogP contribution in [0.5, 0.6) is 0 Å². The fraction of sp³-hybridized carbons (Fsp3) is 0.727. The van der Waals surface area contributed by atoms with Gasteiger partial charge in [0, 0.05) is 18.7 Å². The number of halogens is 3. The van der Waals surface area contributed by atoms with Gasteiger partial charge < -0.3 is 4.57 Å². The predicted molar refractivity (Wildman–Crippen MR) is 56.2 cm³/mol. The van der Waals surface area contributed by atoms with Crippen LogP contribution in [0, 0.1) is 0 Å². The topological polar surface area (TPSA) is 17.8 Å². The number of hydrogen-bond donors (Lipinski definition) is 0. The minimum absolute atomic E-state index is 0.258. The van der Waals surface area contributed by atoms with Gasteiger partial charge in [0.25, 0.3) is 0 Å². The van der Waals surface area contributed by atoms with Crippen LogP contribution in [-0.2, 0) is 12.6 Å². The van der Waals surface area contributed by atoms with Gasteiger partial charge >= 0.3 is 6.18 Å². The summed E-state index contributed by atoms with van der Waals surface area (Å²) < 4.78 is 38.6. The molecular weight excluding hydrogens is 217 g/mol. The van der Waals surface area contributed by atoms with Gasteiger partial charge in [-0.15, -0.1) is 0 Å². The quantitative estimate of drug-likeness (QED) is 0.760. The summed E-state index contributed by atoms with van der Waals surface area (Å²) in [6, 6.07) is 0.258. The van der Waals surface area contributed by atoms with E-state index in [2.05, 4.69) is 4.98 Å². The van der Waals surface area contributed by atoms with Crippen LogP contribution in [-0.4, -0.2) is 9.55 Å². The van der Waals surface area contributed by atoms with E-state index >= 15 is 0 Å². The minimum atomic E-state index is -4.32. The summed E-state index contributed by atoms with van der Waals surface area (Å²) in [6.45, 7) is 5.82. The molecule has 2 nitrogen and oxygen atoms in total. The van der Waals surface area contributed by atoms with E-state index in [0.29, 0.717) is 12.2 Å². The number of aryl methyl sites for hydroxylation is 1. The highest BCUT2D eigenvalue weighted by molar-refractivity contribution is 5.10. The fourth-order valence-electron chi connectivity index (χ4n) is 1.50. The lowest BCUT2D eigenvalue weighted by Gasteiger charge is -2.01. The van der Waals surface area contributed by atoms with E-state index in [1.165, 1.54) is 0 Å². The van der Waals surface area contributed by atoms with E-state index in [1.807, 2.05) is 20.8 Å². The zero-order chi connectivity index (χ0) is 12.3. The van der Waals surface area contributed by atoms with Gasteiger partial charge in [-0.05, 0) is 12.8 Å². The Bertz CT molecular complexity index is 337. The molecule has 0 amide bonds. The van der Waals surface area contributed by atoms with Crippen molar-refractivity contribution in [1.82, 2.24) is 9.55 Å². The summed E-state index contributed by atoms with van der Waals surface area (Å²) in [5, 5.41) is 0. The number of alkyl halides is 3. The molecular formula is C11H17F3N2. The SMILES string of the molecule is CC.CCc1nc(C(F)(F)F)cn1C1CC1. The molecule has 0 spiro atoms. The lowest BCUT2D eigenvalue weighted by atomic mass is 10.4. The predicted octanol–water partition coefficient (Wildman–Crippen LogP) is 3.83. The summed E-state index contributed by atoms with van der Waals surface area (Å²) in [5.74, 6) is 0.542. The highest BCUT2D eigenvalue weighted by Gasteiger charge is 2.36. The molecule has 92 valence electrons. The smallest absolute Gasteiger partial charge is 0.331 e. The Morgan fingerprint density at radius 3 is 2.31 bits per heavy atom. The molecule has 0 radical (unpaired) electrons. The number of hydrogen-bond acceptors (Lipinski definition) is 1. The summed E-state index contributed by atoms with van der Waals surface area (Å²) in [5.41, 5.74) is -0.763. The van der Waals surface area contributed by atoms with Crippen LogP contribution in [0.1, 0.15) is 51.2 Å². The maximum atomic E-state index is 12.3. The number of imidazole rings is 1. The molecule has 1 aromatic heterocycles. The van der Waals surface area contributed by atoms with Crippen molar-refractivity contribution in [3.63, 3.8) is 0 Å². The molecule has 0 aliphatic heterocycles. The molecule has 0 saturated heterocycles. The number of aromatic nitrogens is 2. The molecule has 1 aromatic rings. The Morgan fingerprint density at radius 1 is 1.38 bits per heavy atom. The summed E-state index contributed by atoms with van der Waals surface area (Å²) >= 11 is 0. The fourth-order valence-corrected chi connectivity index (χ4v) is 1.50. The molecule has 1 aliphatic rings. The second-order valence-corrected chi connectivity index (χ2v) is 3.53. The molecule has 1 saturated carbocycles. The third-order valence-electron chi connectivity index (χ3n) is 2.36. The van der Waals surface area contributed by atoms with Crippen LogP contribution in [0.3, 0.4) is 0 Å². The summed E-state index contributed by atoms with van der Waals surface area (Å²) in [7, 11) is 0. The Hall–Kier alpha value is -1.00. The monoisotopic (exact) mass is 234 g/mol. The first kappa shape index (κ1) is 13.1. The minimum Gasteiger partial charge on any atom is -0.331 e. The molecule has 0 N–H and O–H groups in total. The van der Waals surface area contributed by atoms with Crippen molar-refractivity contribution in [3.05, 3.63) is 17.7 Å². The van der Waals surface area contributed by atoms with Gasteiger partial charge in [-0.2, -0.15) is 13.2 Å². The Morgan fingerprint density at radius 2 is 1.94 bits per heavy atom. The van der Waals surface area contributed by atoms with Crippen LogP contribution in [0.4, 0.5) is 13.2 Å². The van der Waals surface area contributed by atoms with Gasteiger partial charge in [0.15, 0.2) is 5.69 Å². The van der Waals surface area contributed by atoms with Crippen molar-refractivity contribution >= 4 is 0 Å². The second kappa shape index (κ2) is 4.89. The molecule has 1 aliphatic carbocycles. The van der Waals surface area contributed by atoms with Gasteiger partial charge in [-0.1, -0.05) is 20.8 Å². The maximum absolute atomic E-state index is 12.3. The van der Waals surface area contributed by atoms with Crippen molar-refractivity contribution < 1.29 is 13.2 Å². The standard InChI is InChI=1S/C9H11F3N2.C2H6/c1-2-8-13-7(9(10,11)12)5-14(8)6-3-4-6;1-2/h5-6H,2-4H2,1H3;1-2H3. The molecule has 0 unspecified atom stereocenters. The van der Waals surface area contributed by atoms with Crippen LogP contribution in [0.15, 0.2) is 6.20 Å². The second-order valence-electron chi connectivity index (χ2n) is 3.53. The Labute approximate surface area is 93.5 Å². The van der Waals surface area contributed by atoms with Crippen molar-refractivity contribution in [1.29, 1.82) is 0 Å². The summed E-state index contributed by atoms with van der Waals surface area (Å²) in [6.07, 6.45) is -0.686. The molecule has 1 heterocycles. The van der Waals surface area contributed by atoms with Gasteiger partial charge in [-0.3, -0.25) is 0 Å². The third-order valence-corrected chi connectivity index (χ3v) is 2.36. The number of nitrogens with zero attached hydrogens (tertiary/aromatic N) is 2. The molecule has 0 aromatic carbocycles. The first-order valence-electron chi connectivity index (χ1n) is 5.67. The lowest BCUT2D eigenvalue weighted by Crippen LogP contribution is -2.05. The normalized spacial score (nSPS) is 15.6. The van der Waals surface area contributed by atoms with E-state index in [-0.39, 0.29) is 6.04 Å². The van der Waals surface area contributed by atoms with Gasteiger partial charge in [0.2, 0.25) is 0 Å². The average Bonchev–Trinajstić information content (AvgIpc) is 2.98. The number of rotatable bonds is 2. The van der Waals surface area contributed by atoms with Crippen LogP contribution in [0.25, 0.3) is 0 Å². The van der Waals surface area contributed by atoms with E-state index in [0.717, 1.165) is 19.0 Å². The zero-order valence-electron chi connectivity index (χ0n) is 9.80. The van der Waals surface area contributed by atoms with Crippen molar-refractivity contribution in [2.75, 3.05) is 0 Å². The first-order chi connectivity index (χ1) is 7.52. The Balaban J connectivity index is 0.000000606. The van der Waals surface area contributed by atoms with Gasteiger partial charge in [0.1, 0.15) is 5.82 Å². The van der Waals surface area contributed by atoms with E-state index in [9.17, 15) is 13.2 Å². The largest absolute Gasteiger partial charge is 0.434 e. The molecule has 16 heavy (non-hydrogen) atoms. The molecule has 5 heteroatoms. The van der Waals surface area contributed by atoms with E-state index < -0.39 is 11.9 Å². The van der Waals surface area contributed by atoms with Gasteiger partial charge in [-0.25, -0.2) is 4.98 Å². The van der Waals surface area contributed by atoms with E-state index in [4.69, 9.17) is 0 Å². The molecule has 0 atom stereocenters. The molecule has 2 rings (SSSR count). The van der Waals surface area contributed by atoms with Gasteiger partial charge in [0.05, 0.1) is 0 Å². The van der Waals surface area contributed by atoms with Crippen LogP contribution >= 0.6 is 0 Å². The van der Waals surface area contributed by atoms with Crippen molar-refractivity contribution in [3.8, 4) is 0 Å². The Kier molecular flexibility index (Phi) is 3.99.